The minimum atomic E-state index is -2.97. The number of fused-ring (bicyclic) bond motifs is 1. The highest BCUT2D eigenvalue weighted by atomic mass is 32.2. The maximum atomic E-state index is 11.8. The molecule has 2 aromatic heterocycles. The van der Waals surface area contributed by atoms with Gasteiger partial charge in [-0.25, -0.2) is 13.2 Å². The van der Waals surface area contributed by atoms with E-state index in [1.54, 1.807) is 15.4 Å². The number of hydrogen-bond acceptors (Lipinski definition) is 5. The quantitative estimate of drug-likeness (QED) is 0.816. The van der Waals surface area contributed by atoms with Crippen molar-refractivity contribution >= 4 is 20.9 Å². The average molecular weight is 296 g/mol. The molecule has 1 saturated heterocycles. The number of sulfone groups is 1. The van der Waals surface area contributed by atoms with Gasteiger partial charge in [0.15, 0.2) is 9.84 Å². The molecule has 0 bridgehead atoms. The Labute approximate surface area is 116 Å². The SMILES string of the molecule is CCCn1c(=O)ncc2c1cnn2[C@@H]1CCS(=O)(=O)C1. The molecule has 0 N–H and O–H groups in total. The normalized spacial score (nSPS) is 21.6. The predicted octanol–water partition coefficient (Wildman–Crippen LogP) is 0.363. The van der Waals surface area contributed by atoms with Gasteiger partial charge in [0.05, 0.1) is 35.5 Å². The number of nitrogens with zero attached hydrogens (tertiary/aromatic N) is 4. The highest BCUT2D eigenvalue weighted by Gasteiger charge is 2.30. The van der Waals surface area contributed by atoms with Gasteiger partial charge in [-0.2, -0.15) is 10.1 Å². The lowest BCUT2D eigenvalue weighted by atomic mass is 10.2. The minimum Gasteiger partial charge on any atom is -0.289 e. The first-order valence-corrected chi connectivity index (χ1v) is 8.47. The van der Waals surface area contributed by atoms with Crippen LogP contribution in [-0.2, 0) is 16.4 Å². The van der Waals surface area contributed by atoms with Crippen molar-refractivity contribution in [3.8, 4) is 0 Å². The summed E-state index contributed by atoms with van der Waals surface area (Å²) < 4.78 is 26.4. The van der Waals surface area contributed by atoms with Gasteiger partial charge in [0, 0.05) is 6.54 Å². The van der Waals surface area contributed by atoms with E-state index in [4.69, 9.17) is 0 Å². The standard InChI is InChI=1S/C12H16N4O3S/c1-2-4-15-10-7-14-16(11(10)6-13-12(15)17)9-3-5-20(18,19)8-9/h6-7,9H,2-5,8H2,1H3/t9-/m1/s1. The molecule has 108 valence electrons. The molecule has 0 amide bonds. The molecule has 0 aromatic carbocycles. The van der Waals surface area contributed by atoms with E-state index in [0.717, 1.165) is 17.5 Å². The minimum absolute atomic E-state index is 0.108. The molecule has 3 heterocycles. The Morgan fingerprint density at radius 1 is 1.35 bits per heavy atom. The Morgan fingerprint density at radius 2 is 2.15 bits per heavy atom. The summed E-state index contributed by atoms with van der Waals surface area (Å²) in [7, 11) is -2.97. The lowest BCUT2D eigenvalue weighted by Gasteiger charge is -2.10. The molecule has 0 radical (unpaired) electrons. The number of rotatable bonds is 3. The van der Waals surface area contributed by atoms with E-state index in [0.29, 0.717) is 13.0 Å². The Morgan fingerprint density at radius 3 is 2.80 bits per heavy atom. The summed E-state index contributed by atoms with van der Waals surface area (Å²) in [5.74, 6) is 0.303. The van der Waals surface area contributed by atoms with Gasteiger partial charge in [-0.3, -0.25) is 9.25 Å². The summed E-state index contributed by atoms with van der Waals surface area (Å²) in [5.41, 5.74) is 1.15. The molecule has 1 aliphatic rings. The summed E-state index contributed by atoms with van der Waals surface area (Å²) in [6.45, 7) is 2.57. The molecule has 20 heavy (non-hydrogen) atoms. The van der Waals surface area contributed by atoms with Crippen LogP contribution in [-0.4, -0.2) is 39.3 Å². The Kier molecular flexibility index (Phi) is 3.12. The van der Waals surface area contributed by atoms with Crippen molar-refractivity contribution in [1.29, 1.82) is 0 Å². The van der Waals surface area contributed by atoms with Gasteiger partial charge < -0.3 is 0 Å². The zero-order chi connectivity index (χ0) is 14.3. The summed E-state index contributed by atoms with van der Waals surface area (Å²) in [4.78, 5) is 15.6. The second-order valence-corrected chi connectivity index (χ2v) is 7.34. The number of aromatic nitrogens is 4. The molecule has 0 unspecified atom stereocenters. The fourth-order valence-corrected chi connectivity index (χ4v) is 4.38. The number of aryl methyl sites for hydroxylation is 1. The molecule has 7 nitrogen and oxygen atoms in total. The maximum absolute atomic E-state index is 11.8. The van der Waals surface area contributed by atoms with Gasteiger partial charge in [-0.05, 0) is 12.8 Å². The largest absolute Gasteiger partial charge is 0.348 e. The van der Waals surface area contributed by atoms with E-state index < -0.39 is 9.84 Å². The van der Waals surface area contributed by atoms with Gasteiger partial charge in [-0.15, -0.1) is 0 Å². The molecule has 1 atom stereocenters. The molecular formula is C12H16N4O3S. The van der Waals surface area contributed by atoms with Crippen LogP contribution < -0.4 is 5.69 Å². The molecule has 2 aromatic rings. The lowest BCUT2D eigenvalue weighted by molar-refractivity contribution is 0.515. The first kappa shape index (κ1) is 13.3. The van der Waals surface area contributed by atoms with E-state index >= 15 is 0 Å². The van der Waals surface area contributed by atoms with Gasteiger partial charge in [0.1, 0.15) is 5.52 Å². The van der Waals surface area contributed by atoms with Gasteiger partial charge in [0.25, 0.3) is 0 Å². The third-order valence-electron chi connectivity index (χ3n) is 3.63. The number of hydrogen-bond donors (Lipinski definition) is 0. The molecule has 1 fully saturated rings. The summed E-state index contributed by atoms with van der Waals surface area (Å²) >= 11 is 0. The van der Waals surface area contributed by atoms with Crippen molar-refractivity contribution in [1.82, 2.24) is 19.3 Å². The molecule has 3 rings (SSSR count). The zero-order valence-corrected chi connectivity index (χ0v) is 12.0. The smallest absolute Gasteiger partial charge is 0.289 e. The van der Waals surface area contributed by atoms with E-state index in [-0.39, 0.29) is 23.2 Å². The van der Waals surface area contributed by atoms with E-state index in [9.17, 15) is 13.2 Å². The zero-order valence-electron chi connectivity index (χ0n) is 11.2. The summed E-state index contributed by atoms with van der Waals surface area (Å²) in [5, 5.41) is 4.28. The second-order valence-electron chi connectivity index (χ2n) is 5.11. The lowest BCUT2D eigenvalue weighted by Crippen LogP contribution is -2.23. The Balaban J connectivity index is 2.11. The second kappa shape index (κ2) is 4.69. The van der Waals surface area contributed by atoms with Crippen LogP contribution in [0.4, 0.5) is 0 Å². The molecule has 0 spiro atoms. The average Bonchev–Trinajstić information content (AvgIpc) is 2.96. The molecule has 0 aliphatic carbocycles. The van der Waals surface area contributed by atoms with Crippen LogP contribution >= 0.6 is 0 Å². The van der Waals surface area contributed by atoms with Crippen LogP contribution in [0.2, 0.25) is 0 Å². The van der Waals surface area contributed by atoms with Crippen LogP contribution in [0.15, 0.2) is 17.2 Å². The summed E-state index contributed by atoms with van der Waals surface area (Å²) in [6.07, 6.45) is 4.50. The van der Waals surface area contributed by atoms with Gasteiger partial charge in [-0.1, -0.05) is 6.92 Å². The van der Waals surface area contributed by atoms with Crippen molar-refractivity contribution < 1.29 is 8.42 Å². The van der Waals surface area contributed by atoms with Crippen LogP contribution in [0.5, 0.6) is 0 Å². The highest BCUT2D eigenvalue weighted by molar-refractivity contribution is 7.91. The van der Waals surface area contributed by atoms with Gasteiger partial charge >= 0.3 is 5.69 Å². The summed E-state index contributed by atoms with van der Waals surface area (Å²) in [6, 6.07) is -0.160. The van der Waals surface area contributed by atoms with Crippen molar-refractivity contribution in [2.24, 2.45) is 0 Å². The molecular weight excluding hydrogens is 280 g/mol. The first-order valence-electron chi connectivity index (χ1n) is 6.65. The van der Waals surface area contributed by atoms with E-state index in [1.165, 1.54) is 6.20 Å². The topological polar surface area (TPSA) is 86.8 Å². The van der Waals surface area contributed by atoms with Crippen molar-refractivity contribution in [3.05, 3.63) is 22.9 Å². The van der Waals surface area contributed by atoms with E-state index in [1.807, 2.05) is 6.92 Å². The molecule has 8 heteroatoms. The maximum Gasteiger partial charge on any atom is 0.348 e. The third kappa shape index (κ3) is 2.13. The fourth-order valence-electron chi connectivity index (χ4n) is 2.68. The highest BCUT2D eigenvalue weighted by Crippen LogP contribution is 2.26. The van der Waals surface area contributed by atoms with Crippen molar-refractivity contribution in [3.63, 3.8) is 0 Å². The van der Waals surface area contributed by atoms with Crippen LogP contribution in [0.3, 0.4) is 0 Å². The van der Waals surface area contributed by atoms with Crippen molar-refractivity contribution in [2.75, 3.05) is 11.5 Å². The monoisotopic (exact) mass is 296 g/mol. The van der Waals surface area contributed by atoms with Crippen LogP contribution in [0.1, 0.15) is 25.8 Å². The Bertz CT molecular complexity index is 806. The van der Waals surface area contributed by atoms with Crippen molar-refractivity contribution in [2.45, 2.75) is 32.4 Å². The third-order valence-corrected chi connectivity index (χ3v) is 5.38. The molecule has 0 saturated carbocycles. The van der Waals surface area contributed by atoms with Crippen LogP contribution in [0.25, 0.3) is 11.0 Å². The first-order chi connectivity index (χ1) is 9.52. The Hall–Kier alpha value is -1.70. The van der Waals surface area contributed by atoms with Gasteiger partial charge in [0.2, 0.25) is 0 Å². The fraction of sp³-hybridized carbons (Fsp3) is 0.583. The predicted molar refractivity (Wildman–Crippen MR) is 74.4 cm³/mol. The van der Waals surface area contributed by atoms with Crippen LogP contribution in [0, 0.1) is 0 Å². The van der Waals surface area contributed by atoms with E-state index in [2.05, 4.69) is 10.1 Å². The molecule has 1 aliphatic heterocycles.